The van der Waals surface area contributed by atoms with Crippen LogP contribution in [0.4, 0.5) is 0 Å². The Hall–Kier alpha value is -2.97. The summed E-state index contributed by atoms with van der Waals surface area (Å²) in [4.78, 5) is 43.8. The van der Waals surface area contributed by atoms with Crippen LogP contribution in [0.3, 0.4) is 0 Å². The Balaban J connectivity index is 1.70. The Bertz CT molecular complexity index is 1330. The second-order valence-electron chi connectivity index (χ2n) is 9.34. The first kappa shape index (κ1) is 25.1. The van der Waals surface area contributed by atoms with Gasteiger partial charge in [-0.1, -0.05) is 29.5 Å². The topological polar surface area (TPSA) is 90.3 Å². The Morgan fingerprint density at radius 3 is 2.71 bits per heavy atom. The number of Topliss-reactive ketones (excluding diaryl/α,β-unsaturated/α-hetero) is 1. The number of hydrogen-bond acceptors (Lipinski definition) is 6. The maximum absolute atomic E-state index is 13.5. The van der Waals surface area contributed by atoms with Crippen molar-refractivity contribution in [1.29, 1.82) is 0 Å². The summed E-state index contributed by atoms with van der Waals surface area (Å²) in [6, 6.07) is 10.8. The van der Waals surface area contributed by atoms with E-state index >= 15 is 0 Å². The van der Waals surface area contributed by atoms with E-state index in [2.05, 4.69) is 5.32 Å². The molecular weight excluding hydrogens is 462 g/mol. The third kappa shape index (κ3) is 5.82. The smallest absolute Gasteiger partial charge is 0.262 e. The van der Waals surface area contributed by atoms with Crippen LogP contribution in [0, 0.1) is 13.8 Å². The Morgan fingerprint density at radius 2 is 2.00 bits per heavy atom. The van der Waals surface area contributed by atoms with E-state index in [0.717, 1.165) is 24.0 Å². The normalized spacial score (nSPS) is 15.6. The fraction of sp³-hybridized carbons (Fsp3) is 0.407. The van der Waals surface area contributed by atoms with Gasteiger partial charge in [0.05, 0.1) is 29.3 Å². The summed E-state index contributed by atoms with van der Waals surface area (Å²) in [5, 5.41) is 3.76. The first-order valence-corrected chi connectivity index (χ1v) is 12.9. The average Bonchev–Trinajstić information content (AvgIpc) is 3.33. The first-order valence-electron chi connectivity index (χ1n) is 11.9. The second-order valence-corrected chi connectivity index (χ2v) is 10.3. The fourth-order valence-corrected chi connectivity index (χ4v) is 5.09. The maximum Gasteiger partial charge on any atom is 0.262 e. The monoisotopic (exact) mass is 493 g/mol. The van der Waals surface area contributed by atoms with Gasteiger partial charge in [0, 0.05) is 23.8 Å². The van der Waals surface area contributed by atoms with Crippen LogP contribution in [0.25, 0.3) is 10.9 Å². The van der Waals surface area contributed by atoms with Gasteiger partial charge in [0.25, 0.3) is 11.5 Å². The number of amides is 1. The van der Waals surface area contributed by atoms with Crippen molar-refractivity contribution < 1.29 is 14.3 Å². The third-order valence-corrected chi connectivity index (χ3v) is 7.01. The highest BCUT2D eigenvalue weighted by Crippen LogP contribution is 2.23. The molecule has 4 rings (SSSR count). The number of nitrogens with one attached hydrogen (secondary N) is 1. The average molecular weight is 494 g/mol. The number of benzene rings is 2. The van der Waals surface area contributed by atoms with Gasteiger partial charge in [-0.3, -0.25) is 19.0 Å². The predicted octanol–water partition coefficient (Wildman–Crippen LogP) is 4.31. The van der Waals surface area contributed by atoms with E-state index in [9.17, 15) is 14.4 Å². The summed E-state index contributed by atoms with van der Waals surface area (Å²) in [5.74, 6) is -0.0767. The maximum atomic E-state index is 13.5. The van der Waals surface area contributed by atoms with E-state index in [4.69, 9.17) is 9.72 Å². The zero-order chi connectivity index (χ0) is 25.1. The number of carbonyl (C=O) groups is 2. The molecule has 1 fully saturated rings. The molecule has 0 unspecified atom stereocenters. The molecule has 0 saturated carbocycles. The lowest BCUT2D eigenvalue weighted by atomic mass is 10.0. The molecule has 0 radical (unpaired) electrons. The number of fused-ring (bicyclic) bond motifs is 1. The summed E-state index contributed by atoms with van der Waals surface area (Å²) < 4.78 is 7.39. The van der Waals surface area contributed by atoms with Gasteiger partial charge in [0.2, 0.25) is 0 Å². The van der Waals surface area contributed by atoms with E-state index in [1.165, 1.54) is 11.8 Å². The predicted molar refractivity (Wildman–Crippen MR) is 139 cm³/mol. The van der Waals surface area contributed by atoms with E-state index < -0.39 is 0 Å². The quantitative estimate of drug-likeness (QED) is 0.286. The van der Waals surface area contributed by atoms with Crippen molar-refractivity contribution >= 4 is 34.4 Å². The first-order chi connectivity index (χ1) is 16.7. The van der Waals surface area contributed by atoms with Crippen LogP contribution in [0.5, 0.6) is 0 Å². The summed E-state index contributed by atoms with van der Waals surface area (Å²) in [5.41, 5.74) is 3.32. The van der Waals surface area contributed by atoms with Gasteiger partial charge >= 0.3 is 0 Å². The van der Waals surface area contributed by atoms with Crippen molar-refractivity contribution in [3.8, 4) is 0 Å². The van der Waals surface area contributed by atoms with Crippen LogP contribution >= 0.6 is 11.8 Å². The number of rotatable bonds is 8. The van der Waals surface area contributed by atoms with Crippen molar-refractivity contribution in [3.05, 3.63) is 69.0 Å². The molecule has 3 aromatic rings. The molecule has 2 heterocycles. The summed E-state index contributed by atoms with van der Waals surface area (Å²) in [7, 11) is 0. The molecule has 1 saturated heterocycles. The molecule has 35 heavy (non-hydrogen) atoms. The second kappa shape index (κ2) is 10.7. The lowest BCUT2D eigenvalue weighted by molar-refractivity contribution is 0.0936. The number of ether oxygens (including phenoxy) is 1. The van der Waals surface area contributed by atoms with E-state index in [0.29, 0.717) is 40.3 Å². The van der Waals surface area contributed by atoms with Crippen LogP contribution in [0.1, 0.15) is 58.5 Å². The molecule has 1 aromatic heterocycles. The van der Waals surface area contributed by atoms with Gasteiger partial charge in [-0.25, -0.2) is 4.98 Å². The van der Waals surface area contributed by atoms with Gasteiger partial charge in [-0.2, -0.15) is 0 Å². The van der Waals surface area contributed by atoms with Gasteiger partial charge in [0.15, 0.2) is 10.9 Å². The highest BCUT2D eigenvalue weighted by Gasteiger charge is 2.22. The van der Waals surface area contributed by atoms with E-state index in [1.807, 2.05) is 45.9 Å². The molecule has 0 aliphatic carbocycles. The lowest BCUT2D eigenvalue weighted by Gasteiger charge is -2.17. The van der Waals surface area contributed by atoms with Crippen LogP contribution in [-0.4, -0.2) is 45.7 Å². The molecule has 0 bridgehead atoms. The van der Waals surface area contributed by atoms with Crippen molar-refractivity contribution in [3.63, 3.8) is 0 Å². The SMILES string of the molecule is Cc1ccc(C)c(C(=O)CSc2nc3cc(C(=O)NC(C)C)ccc3c(=O)n2C[C@@H]2CCCO2)c1. The molecule has 184 valence electrons. The van der Waals surface area contributed by atoms with E-state index in [1.54, 1.807) is 22.8 Å². The van der Waals surface area contributed by atoms with Gasteiger partial charge in [0.1, 0.15) is 0 Å². The molecule has 8 heteroatoms. The van der Waals surface area contributed by atoms with Crippen LogP contribution in [0.2, 0.25) is 0 Å². The zero-order valence-corrected chi connectivity index (χ0v) is 21.4. The summed E-state index contributed by atoms with van der Waals surface area (Å²) in [6.45, 7) is 8.73. The van der Waals surface area contributed by atoms with Gasteiger partial charge in [-0.15, -0.1) is 0 Å². The highest BCUT2D eigenvalue weighted by molar-refractivity contribution is 7.99. The van der Waals surface area contributed by atoms with Crippen LogP contribution in [-0.2, 0) is 11.3 Å². The molecular formula is C27H31N3O4S. The minimum absolute atomic E-state index is 0.00669. The Labute approximate surface area is 209 Å². The molecule has 0 spiro atoms. The Morgan fingerprint density at radius 1 is 1.20 bits per heavy atom. The van der Waals surface area contributed by atoms with Crippen LogP contribution < -0.4 is 10.9 Å². The van der Waals surface area contributed by atoms with Crippen molar-refractivity contribution in [1.82, 2.24) is 14.9 Å². The number of hydrogen-bond donors (Lipinski definition) is 1. The Kier molecular flexibility index (Phi) is 7.72. The number of aryl methyl sites for hydroxylation is 2. The summed E-state index contributed by atoms with van der Waals surface area (Å²) >= 11 is 1.25. The van der Waals surface area contributed by atoms with Crippen LogP contribution in [0.15, 0.2) is 46.3 Å². The fourth-order valence-electron chi connectivity index (χ4n) is 4.19. The largest absolute Gasteiger partial charge is 0.376 e. The standard InChI is InChI=1S/C27H31N3O4S/c1-16(2)28-25(32)19-9-10-21-23(13-19)29-27(30(26(21)33)14-20-6-5-11-34-20)35-15-24(31)22-12-17(3)7-8-18(22)4/h7-10,12-13,16,20H,5-6,11,14-15H2,1-4H3,(H,28,32)/t20-/m0/s1. The minimum atomic E-state index is -0.216. The minimum Gasteiger partial charge on any atom is -0.376 e. The molecule has 1 N–H and O–H groups in total. The number of nitrogens with zero attached hydrogens (tertiary/aromatic N) is 2. The molecule has 1 aliphatic rings. The van der Waals surface area contributed by atoms with Crippen molar-refractivity contribution in [2.24, 2.45) is 0 Å². The molecule has 1 amide bonds. The zero-order valence-electron chi connectivity index (χ0n) is 20.6. The molecule has 7 nitrogen and oxygen atoms in total. The highest BCUT2D eigenvalue weighted by atomic mass is 32.2. The molecule has 2 aromatic carbocycles. The number of ketones is 1. The lowest BCUT2D eigenvalue weighted by Crippen LogP contribution is -2.31. The number of aromatic nitrogens is 2. The third-order valence-electron chi connectivity index (χ3n) is 6.04. The van der Waals surface area contributed by atoms with Gasteiger partial charge < -0.3 is 10.1 Å². The van der Waals surface area contributed by atoms with Crippen molar-refractivity contribution in [2.45, 2.75) is 64.4 Å². The summed E-state index contributed by atoms with van der Waals surface area (Å²) in [6.07, 6.45) is 1.78. The number of thioether (sulfide) groups is 1. The van der Waals surface area contributed by atoms with E-state index in [-0.39, 0.29) is 35.1 Å². The van der Waals surface area contributed by atoms with Gasteiger partial charge in [-0.05, 0) is 70.4 Å². The number of carbonyl (C=O) groups excluding carboxylic acids is 2. The molecule has 1 aliphatic heterocycles. The molecule has 1 atom stereocenters. The van der Waals surface area contributed by atoms with Crippen molar-refractivity contribution in [2.75, 3.05) is 12.4 Å².